The highest BCUT2D eigenvalue weighted by Crippen LogP contribution is 1.93. The van der Waals surface area contributed by atoms with Gasteiger partial charge in [-0.15, -0.1) is 0 Å². The van der Waals surface area contributed by atoms with E-state index in [1.165, 1.54) is 11.8 Å². The Morgan fingerprint density at radius 3 is 2.09 bits per heavy atom. The quantitative estimate of drug-likeness (QED) is 0.578. The van der Waals surface area contributed by atoms with E-state index in [4.69, 9.17) is 5.11 Å². The molecule has 1 amide bonds. The maximum absolute atomic E-state index is 10.8. The topological polar surface area (TPSA) is 57.6 Å². The van der Waals surface area contributed by atoms with Crippen LogP contribution in [0.25, 0.3) is 0 Å². The van der Waals surface area contributed by atoms with Gasteiger partial charge < -0.3 is 10.0 Å². The Hall–Kier alpha value is -1.32. The summed E-state index contributed by atoms with van der Waals surface area (Å²) < 4.78 is 0. The molecule has 0 atom stereocenters. The van der Waals surface area contributed by atoms with E-state index in [9.17, 15) is 9.59 Å². The third-order valence-corrected chi connectivity index (χ3v) is 1.12. The van der Waals surface area contributed by atoms with E-state index in [1.54, 1.807) is 14.1 Å². The van der Waals surface area contributed by atoms with E-state index >= 15 is 0 Å². The van der Waals surface area contributed by atoms with Gasteiger partial charge in [-0.25, -0.2) is 4.79 Å². The lowest BCUT2D eigenvalue weighted by Gasteiger charge is -2.05. The second-order valence-corrected chi connectivity index (χ2v) is 2.37. The van der Waals surface area contributed by atoms with Crippen molar-refractivity contribution >= 4 is 11.9 Å². The van der Waals surface area contributed by atoms with Crippen LogP contribution in [0.4, 0.5) is 0 Å². The van der Waals surface area contributed by atoms with Crippen molar-refractivity contribution in [2.75, 3.05) is 14.1 Å². The summed E-state index contributed by atoms with van der Waals surface area (Å²) in [6.07, 6.45) is 1.09. The molecule has 0 aliphatic heterocycles. The highest BCUT2D eigenvalue weighted by Gasteiger charge is 2.04. The average molecular weight is 157 g/mol. The maximum atomic E-state index is 10.8. The summed E-state index contributed by atoms with van der Waals surface area (Å²) in [6.45, 7) is 1.38. The Morgan fingerprint density at radius 1 is 1.36 bits per heavy atom. The molecule has 0 aromatic carbocycles. The normalized spacial score (nSPS) is 11.0. The van der Waals surface area contributed by atoms with Gasteiger partial charge in [0.25, 0.3) is 0 Å². The molecule has 4 nitrogen and oxygen atoms in total. The molecule has 4 heteroatoms. The molecule has 0 spiro atoms. The van der Waals surface area contributed by atoms with Gasteiger partial charge in [0.1, 0.15) is 0 Å². The Bertz CT molecular complexity index is 206. The molecule has 0 bridgehead atoms. The standard InChI is InChI=1S/C7H11NO3/c1-5(7(10)11)4-6(9)8(2)3/h4H,1-3H3,(H,10,11)/b5-4+. The number of carboxylic acid groups (broad SMARTS) is 1. The largest absolute Gasteiger partial charge is 0.478 e. The van der Waals surface area contributed by atoms with E-state index in [2.05, 4.69) is 0 Å². The molecule has 0 rings (SSSR count). The van der Waals surface area contributed by atoms with Crippen LogP contribution < -0.4 is 0 Å². The number of likely N-dealkylation sites (N-methyl/N-ethyl adjacent to an activating group) is 1. The maximum Gasteiger partial charge on any atom is 0.331 e. The van der Waals surface area contributed by atoms with Gasteiger partial charge in [0.05, 0.1) is 0 Å². The molecule has 0 heterocycles. The third-order valence-electron chi connectivity index (χ3n) is 1.12. The molecule has 62 valence electrons. The second-order valence-electron chi connectivity index (χ2n) is 2.37. The van der Waals surface area contributed by atoms with Crippen molar-refractivity contribution in [1.29, 1.82) is 0 Å². The van der Waals surface area contributed by atoms with Crippen LogP contribution in [-0.4, -0.2) is 36.0 Å². The number of carbonyl (C=O) groups is 2. The van der Waals surface area contributed by atoms with Crippen molar-refractivity contribution in [2.24, 2.45) is 0 Å². The molecule has 0 aromatic rings. The predicted molar refractivity (Wildman–Crippen MR) is 40.1 cm³/mol. The molecule has 0 aliphatic carbocycles. The van der Waals surface area contributed by atoms with Crippen LogP contribution in [0.1, 0.15) is 6.92 Å². The first kappa shape index (κ1) is 9.68. The zero-order chi connectivity index (χ0) is 9.02. The fourth-order valence-corrected chi connectivity index (χ4v) is 0.376. The summed E-state index contributed by atoms with van der Waals surface area (Å²) in [5.74, 6) is -1.38. The Balaban J connectivity index is 4.32. The molecule has 0 radical (unpaired) electrons. The van der Waals surface area contributed by atoms with E-state index in [1.807, 2.05) is 0 Å². The number of hydrogen-bond acceptors (Lipinski definition) is 2. The average Bonchev–Trinajstić information content (AvgIpc) is 1.87. The molecule has 1 N–H and O–H groups in total. The monoisotopic (exact) mass is 157 g/mol. The van der Waals surface area contributed by atoms with Crippen molar-refractivity contribution in [3.63, 3.8) is 0 Å². The van der Waals surface area contributed by atoms with E-state index < -0.39 is 5.97 Å². The summed E-state index contributed by atoms with van der Waals surface area (Å²) in [6, 6.07) is 0. The van der Waals surface area contributed by atoms with Crippen LogP contribution in [0.2, 0.25) is 0 Å². The van der Waals surface area contributed by atoms with E-state index in [0.717, 1.165) is 6.08 Å². The van der Waals surface area contributed by atoms with Crippen LogP contribution in [0.15, 0.2) is 11.6 Å². The molecule has 0 aromatic heterocycles. The van der Waals surface area contributed by atoms with Gasteiger partial charge in [-0.05, 0) is 6.92 Å². The minimum absolute atomic E-state index is 0.0451. The van der Waals surface area contributed by atoms with Crippen LogP contribution in [0, 0.1) is 0 Å². The van der Waals surface area contributed by atoms with Gasteiger partial charge in [0.2, 0.25) is 5.91 Å². The van der Waals surface area contributed by atoms with Crippen molar-refractivity contribution in [2.45, 2.75) is 6.92 Å². The van der Waals surface area contributed by atoms with Crippen LogP contribution in [-0.2, 0) is 9.59 Å². The smallest absolute Gasteiger partial charge is 0.331 e. The molecular formula is C7H11NO3. The van der Waals surface area contributed by atoms with Crippen LogP contribution in [0.3, 0.4) is 0 Å². The minimum atomic E-state index is -1.07. The van der Waals surface area contributed by atoms with Crippen LogP contribution in [0.5, 0.6) is 0 Å². The molecule has 0 fully saturated rings. The summed E-state index contributed by atoms with van der Waals surface area (Å²) in [7, 11) is 3.13. The van der Waals surface area contributed by atoms with Crippen LogP contribution >= 0.6 is 0 Å². The Labute approximate surface area is 65.1 Å². The number of hydrogen-bond donors (Lipinski definition) is 1. The summed E-state index contributed by atoms with van der Waals surface area (Å²) >= 11 is 0. The number of nitrogens with zero attached hydrogens (tertiary/aromatic N) is 1. The molecule has 0 aliphatic rings. The Kier molecular flexibility index (Phi) is 3.30. The predicted octanol–water partition coefficient (Wildman–Crippen LogP) is 0.106. The molecule has 11 heavy (non-hydrogen) atoms. The lowest BCUT2D eigenvalue weighted by Crippen LogP contribution is -2.20. The Morgan fingerprint density at radius 2 is 1.82 bits per heavy atom. The number of carbonyl (C=O) groups excluding carboxylic acids is 1. The summed E-state index contributed by atoms with van der Waals surface area (Å²) in [5.41, 5.74) is 0.0451. The lowest BCUT2D eigenvalue weighted by molar-refractivity contribution is -0.133. The first-order chi connectivity index (χ1) is 4.95. The van der Waals surface area contributed by atoms with Crippen molar-refractivity contribution < 1.29 is 14.7 Å². The number of aliphatic carboxylic acids is 1. The highest BCUT2D eigenvalue weighted by molar-refractivity contribution is 5.96. The molecule has 0 unspecified atom stereocenters. The van der Waals surface area contributed by atoms with Gasteiger partial charge in [0.15, 0.2) is 0 Å². The van der Waals surface area contributed by atoms with E-state index in [0.29, 0.717) is 0 Å². The molecular weight excluding hydrogens is 146 g/mol. The lowest BCUT2D eigenvalue weighted by atomic mass is 10.3. The number of amides is 1. The first-order valence-corrected chi connectivity index (χ1v) is 3.08. The van der Waals surface area contributed by atoms with Crippen molar-refractivity contribution in [1.82, 2.24) is 4.90 Å². The highest BCUT2D eigenvalue weighted by atomic mass is 16.4. The minimum Gasteiger partial charge on any atom is -0.478 e. The summed E-state index contributed by atoms with van der Waals surface area (Å²) in [5, 5.41) is 8.37. The fourth-order valence-electron chi connectivity index (χ4n) is 0.376. The van der Waals surface area contributed by atoms with Crippen molar-refractivity contribution in [3.05, 3.63) is 11.6 Å². The number of rotatable bonds is 2. The van der Waals surface area contributed by atoms with Gasteiger partial charge in [0, 0.05) is 25.7 Å². The molecule has 0 saturated heterocycles. The molecule has 0 saturated carbocycles. The number of carboxylic acids is 1. The SMILES string of the molecule is C/C(=C\C(=O)N(C)C)C(=O)O. The van der Waals surface area contributed by atoms with Gasteiger partial charge in [-0.1, -0.05) is 0 Å². The zero-order valence-electron chi connectivity index (χ0n) is 6.79. The van der Waals surface area contributed by atoms with Gasteiger partial charge in [-0.3, -0.25) is 4.79 Å². The summed E-state index contributed by atoms with van der Waals surface area (Å²) in [4.78, 5) is 22.4. The second kappa shape index (κ2) is 3.75. The van der Waals surface area contributed by atoms with Gasteiger partial charge >= 0.3 is 5.97 Å². The zero-order valence-corrected chi connectivity index (χ0v) is 6.79. The van der Waals surface area contributed by atoms with Gasteiger partial charge in [-0.2, -0.15) is 0 Å². The fraction of sp³-hybridized carbons (Fsp3) is 0.429. The van der Waals surface area contributed by atoms with E-state index in [-0.39, 0.29) is 11.5 Å². The first-order valence-electron chi connectivity index (χ1n) is 3.08. The third kappa shape index (κ3) is 3.40. The van der Waals surface area contributed by atoms with Crippen molar-refractivity contribution in [3.8, 4) is 0 Å².